The first kappa shape index (κ1) is 21.9. The highest BCUT2D eigenvalue weighted by atomic mass is 32.1. The molecule has 3 aromatic carbocycles. The molecule has 1 fully saturated rings. The molecule has 0 bridgehead atoms. The lowest BCUT2D eigenvalue weighted by Crippen LogP contribution is -2.32. The van der Waals surface area contributed by atoms with Crippen LogP contribution in [0.2, 0.25) is 0 Å². The SMILES string of the molecule is CCN1C(=CC=C2C(=O)N(c3ccccc3)C(=S)N2c2ccccc2)Oc2cc(C)c(C)cc21. The van der Waals surface area contributed by atoms with Crippen LogP contribution in [0.1, 0.15) is 18.1 Å². The summed E-state index contributed by atoms with van der Waals surface area (Å²) in [7, 11) is 0. The van der Waals surface area contributed by atoms with Gasteiger partial charge in [-0.2, -0.15) is 0 Å². The van der Waals surface area contributed by atoms with E-state index in [0.717, 1.165) is 29.4 Å². The number of fused-ring (bicyclic) bond motifs is 1. The second kappa shape index (κ2) is 8.80. The Morgan fingerprint density at radius 2 is 1.44 bits per heavy atom. The normalized spacial score (nSPS) is 17.7. The molecule has 2 aliphatic rings. The van der Waals surface area contributed by atoms with E-state index in [1.54, 1.807) is 11.0 Å². The molecule has 1 saturated heterocycles. The fourth-order valence-corrected chi connectivity index (χ4v) is 4.62. The molecule has 2 aliphatic heterocycles. The average molecular weight is 468 g/mol. The number of thiocarbonyl (C=S) groups is 1. The van der Waals surface area contributed by atoms with Crippen LogP contribution < -0.4 is 19.4 Å². The molecule has 0 spiro atoms. The second-order valence-electron chi connectivity index (χ2n) is 8.24. The summed E-state index contributed by atoms with van der Waals surface area (Å²) in [5.41, 5.74) is 5.47. The van der Waals surface area contributed by atoms with Crippen LogP contribution in [-0.2, 0) is 4.79 Å². The highest BCUT2D eigenvalue weighted by Crippen LogP contribution is 2.41. The number of aryl methyl sites for hydroxylation is 2. The fourth-order valence-electron chi connectivity index (χ4n) is 4.23. The van der Waals surface area contributed by atoms with E-state index >= 15 is 0 Å². The molecule has 0 aromatic heterocycles. The number of benzene rings is 3. The van der Waals surface area contributed by atoms with Crippen molar-refractivity contribution in [2.45, 2.75) is 20.8 Å². The summed E-state index contributed by atoms with van der Waals surface area (Å²) in [6, 6.07) is 23.4. The van der Waals surface area contributed by atoms with Crippen LogP contribution >= 0.6 is 12.2 Å². The quantitative estimate of drug-likeness (QED) is 0.343. The van der Waals surface area contributed by atoms with Crippen molar-refractivity contribution in [1.82, 2.24) is 0 Å². The molecule has 0 saturated carbocycles. The van der Waals surface area contributed by atoms with Crippen molar-refractivity contribution in [1.29, 1.82) is 0 Å². The van der Waals surface area contributed by atoms with Gasteiger partial charge in [-0.1, -0.05) is 36.4 Å². The summed E-state index contributed by atoms with van der Waals surface area (Å²) in [5, 5.41) is 0.418. The molecular weight excluding hydrogens is 442 g/mol. The lowest BCUT2D eigenvalue weighted by molar-refractivity contribution is -0.113. The standard InChI is InChI=1S/C28H25N3O2S/c1-4-29-24-17-19(2)20(3)18-25(24)33-26(29)16-15-23-27(32)31(22-13-9-6-10-14-22)28(34)30(23)21-11-7-5-8-12-21/h5-18H,4H2,1-3H3. The molecule has 0 N–H and O–H groups in total. The Kier molecular flexibility index (Phi) is 5.67. The highest BCUT2D eigenvalue weighted by Gasteiger charge is 2.39. The molecule has 0 atom stereocenters. The van der Waals surface area contributed by atoms with Crippen LogP contribution in [0.4, 0.5) is 17.1 Å². The predicted molar refractivity (Wildman–Crippen MR) is 141 cm³/mol. The fraction of sp³-hybridized carbons (Fsp3) is 0.143. The summed E-state index contributed by atoms with van der Waals surface area (Å²) in [4.78, 5) is 19.1. The topological polar surface area (TPSA) is 36.0 Å². The number of carbonyl (C=O) groups excluding carboxylic acids is 1. The number of amides is 1. The van der Waals surface area contributed by atoms with Crippen LogP contribution in [0.3, 0.4) is 0 Å². The Bertz CT molecular complexity index is 1330. The van der Waals surface area contributed by atoms with Crippen molar-refractivity contribution in [3.63, 3.8) is 0 Å². The number of carbonyl (C=O) groups is 1. The van der Waals surface area contributed by atoms with Crippen LogP contribution in [0.5, 0.6) is 5.75 Å². The number of anilines is 3. The lowest BCUT2D eigenvalue weighted by Gasteiger charge is -2.20. The van der Waals surface area contributed by atoms with E-state index in [0.29, 0.717) is 16.7 Å². The number of hydrogen-bond donors (Lipinski definition) is 0. The molecule has 1 amide bonds. The maximum absolute atomic E-state index is 13.6. The van der Waals surface area contributed by atoms with Crippen LogP contribution in [-0.4, -0.2) is 17.6 Å². The van der Waals surface area contributed by atoms with E-state index in [1.165, 1.54) is 11.1 Å². The van der Waals surface area contributed by atoms with Crippen molar-refractivity contribution < 1.29 is 9.53 Å². The van der Waals surface area contributed by atoms with Gasteiger partial charge >= 0.3 is 0 Å². The molecule has 6 heteroatoms. The molecule has 0 aliphatic carbocycles. The Balaban J connectivity index is 1.57. The van der Waals surface area contributed by atoms with Crippen molar-refractivity contribution in [2.24, 2.45) is 0 Å². The van der Waals surface area contributed by atoms with Gasteiger partial charge in [-0.25, -0.2) is 0 Å². The molecule has 0 radical (unpaired) electrons. The van der Waals surface area contributed by atoms with Gasteiger partial charge in [0.2, 0.25) is 5.88 Å². The van der Waals surface area contributed by atoms with Gasteiger partial charge in [0, 0.05) is 18.3 Å². The lowest BCUT2D eigenvalue weighted by atomic mass is 10.1. The monoisotopic (exact) mass is 467 g/mol. The summed E-state index contributed by atoms with van der Waals surface area (Å²) in [6.07, 6.45) is 3.66. The van der Waals surface area contributed by atoms with Gasteiger partial charge in [0.25, 0.3) is 5.91 Å². The first-order valence-corrected chi connectivity index (χ1v) is 11.7. The molecule has 5 nitrogen and oxygen atoms in total. The van der Waals surface area contributed by atoms with Crippen molar-refractivity contribution in [3.8, 4) is 5.75 Å². The largest absolute Gasteiger partial charge is 0.439 e. The van der Waals surface area contributed by atoms with Crippen LogP contribution in [0, 0.1) is 13.8 Å². The number of nitrogens with zero attached hydrogens (tertiary/aromatic N) is 3. The minimum atomic E-state index is -0.179. The molecule has 3 aromatic rings. The van der Waals surface area contributed by atoms with Crippen LogP contribution in [0.25, 0.3) is 0 Å². The van der Waals surface area contributed by atoms with Crippen molar-refractivity contribution in [3.05, 3.63) is 108 Å². The van der Waals surface area contributed by atoms with Gasteiger partial charge in [0.15, 0.2) is 10.9 Å². The first-order chi connectivity index (χ1) is 16.5. The minimum absolute atomic E-state index is 0.179. The molecule has 170 valence electrons. The van der Waals surface area contributed by atoms with Gasteiger partial charge in [0.1, 0.15) is 5.70 Å². The van der Waals surface area contributed by atoms with E-state index in [-0.39, 0.29) is 5.91 Å². The zero-order valence-corrected chi connectivity index (χ0v) is 20.2. The third-order valence-corrected chi connectivity index (χ3v) is 6.49. The Morgan fingerprint density at radius 3 is 2.06 bits per heavy atom. The minimum Gasteiger partial charge on any atom is -0.439 e. The van der Waals surface area contributed by atoms with Gasteiger partial charge in [-0.3, -0.25) is 14.6 Å². The summed E-state index contributed by atoms with van der Waals surface area (Å²) in [5.74, 6) is 1.33. The van der Waals surface area contributed by atoms with E-state index in [9.17, 15) is 4.79 Å². The van der Waals surface area contributed by atoms with Crippen molar-refractivity contribution in [2.75, 3.05) is 21.2 Å². The molecular formula is C28H25N3O2S. The Labute approximate surface area is 205 Å². The Morgan fingerprint density at radius 1 is 0.853 bits per heavy atom. The van der Waals surface area contributed by atoms with Crippen molar-refractivity contribution >= 4 is 40.3 Å². The summed E-state index contributed by atoms with van der Waals surface area (Å²) < 4.78 is 6.19. The van der Waals surface area contributed by atoms with E-state index in [1.807, 2.05) is 71.6 Å². The number of hydrogen-bond acceptors (Lipinski definition) is 4. The zero-order chi connectivity index (χ0) is 23.8. The maximum atomic E-state index is 13.6. The highest BCUT2D eigenvalue weighted by molar-refractivity contribution is 7.81. The van der Waals surface area contributed by atoms with Gasteiger partial charge in [0.05, 0.1) is 11.4 Å². The third-order valence-electron chi connectivity index (χ3n) is 6.12. The zero-order valence-electron chi connectivity index (χ0n) is 19.4. The third kappa shape index (κ3) is 3.66. The van der Waals surface area contributed by atoms with Gasteiger partial charge in [-0.05, 0) is 86.6 Å². The maximum Gasteiger partial charge on any atom is 0.281 e. The van der Waals surface area contributed by atoms with Crippen LogP contribution in [0.15, 0.2) is 96.5 Å². The number of ether oxygens (including phenoxy) is 1. The summed E-state index contributed by atoms with van der Waals surface area (Å²) >= 11 is 5.79. The number of allylic oxidation sites excluding steroid dienone is 2. The molecule has 5 rings (SSSR count). The number of para-hydroxylation sites is 2. The average Bonchev–Trinajstić information content (AvgIpc) is 3.31. The smallest absolute Gasteiger partial charge is 0.281 e. The number of rotatable bonds is 4. The molecule has 0 unspecified atom stereocenters. The van der Waals surface area contributed by atoms with E-state index < -0.39 is 0 Å². The van der Waals surface area contributed by atoms with E-state index in [4.69, 9.17) is 17.0 Å². The first-order valence-electron chi connectivity index (χ1n) is 11.3. The second-order valence-corrected chi connectivity index (χ2v) is 8.60. The Hall–Kier alpha value is -3.90. The molecule has 34 heavy (non-hydrogen) atoms. The molecule has 2 heterocycles. The van der Waals surface area contributed by atoms with Gasteiger partial charge < -0.3 is 9.64 Å². The van der Waals surface area contributed by atoms with E-state index in [2.05, 4.69) is 37.8 Å². The predicted octanol–water partition coefficient (Wildman–Crippen LogP) is 6.09. The summed E-state index contributed by atoms with van der Waals surface area (Å²) in [6.45, 7) is 7.00. The van der Waals surface area contributed by atoms with Gasteiger partial charge in [-0.15, -0.1) is 0 Å².